The standard InChI is InChI=1S/C12H20ClNO/c1-8(6-13)7-14-10-3-4-11(14)9(2)12(15)5-10/h6,9-12,15H,3-5,7H2,1-2H3. The van der Waals surface area contributed by atoms with Crippen molar-refractivity contribution in [3.8, 4) is 0 Å². The van der Waals surface area contributed by atoms with Gasteiger partial charge >= 0.3 is 0 Å². The molecule has 2 aliphatic heterocycles. The SMILES string of the molecule is CC(=CCl)CN1C2CCC1C(C)C(O)C2. The zero-order chi connectivity index (χ0) is 11.0. The summed E-state index contributed by atoms with van der Waals surface area (Å²) in [6.07, 6.45) is 3.31. The third kappa shape index (κ3) is 2.08. The Hall–Kier alpha value is -0.0500. The van der Waals surface area contributed by atoms with Gasteiger partial charge in [0.1, 0.15) is 0 Å². The van der Waals surface area contributed by atoms with Gasteiger partial charge in [0, 0.05) is 24.2 Å². The van der Waals surface area contributed by atoms with Crippen LogP contribution in [0.4, 0.5) is 0 Å². The first-order valence-electron chi connectivity index (χ1n) is 5.83. The number of piperidine rings is 1. The maximum Gasteiger partial charge on any atom is 0.0595 e. The monoisotopic (exact) mass is 229 g/mol. The summed E-state index contributed by atoms with van der Waals surface area (Å²) in [5.41, 5.74) is 2.90. The number of nitrogens with zero attached hydrogens (tertiary/aromatic N) is 1. The van der Waals surface area contributed by atoms with Crippen LogP contribution in [0.5, 0.6) is 0 Å². The second kappa shape index (κ2) is 4.44. The first kappa shape index (κ1) is 11.4. The molecule has 86 valence electrons. The minimum absolute atomic E-state index is 0.0981. The van der Waals surface area contributed by atoms with Crippen LogP contribution in [0.15, 0.2) is 11.1 Å². The quantitative estimate of drug-likeness (QED) is 0.786. The van der Waals surface area contributed by atoms with Crippen LogP contribution in [0.25, 0.3) is 0 Å². The highest BCUT2D eigenvalue weighted by molar-refractivity contribution is 6.25. The molecule has 0 radical (unpaired) electrons. The highest BCUT2D eigenvalue weighted by Gasteiger charge is 2.44. The molecule has 2 rings (SSSR count). The zero-order valence-electron chi connectivity index (χ0n) is 9.49. The van der Waals surface area contributed by atoms with Gasteiger partial charge in [-0.15, -0.1) is 0 Å². The molecule has 3 heteroatoms. The zero-order valence-corrected chi connectivity index (χ0v) is 10.2. The molecular weight excluding hydrogens is 210 g/mol. The lowest BCUT2D eigenvalue weighted by molar-refractivity contribution is -0.00645. The Balaban J connectivity index is 2.08. The van der Waals surface area contributed by atoms with Crippen molar-refractivity contribution in [3.05, 3.63) is 11.1 Å². The molecule has 4 unspecified atom stereocenters. The molecule has 2 aliphatic rings. The number of hydrogen-bond acceptors (Lipinski definition) is 2. The smallest absolute Gasteiger partial charge is 0.0595 e. The second-order valence-electron chi connectivity index (χ2n) is 5.09. The molecule has 0 aromatic rings. The lowest BCUT2D eigenvalue weighted by atomic mass is 9.89. The van der Waals surface area contributed by atoms with E-state index in [1.54, 1.807) is 5.54 Å². The van der Waals surface area contributed by atoms with Gasteiger partial charge in [-0.3, -0.25) is 4.90 Å². The van der Waals surface area contributed by atoms with Gasteiger partial charge in [-0.2, -0.15) is 0 Å². The third-order valence-electron chi connectivity index (χ3n) is 4.04. The molecule has 0 aromatic heterocycles. The normalized spacial score (nSPS) is 42.3. The van der Waals surface area contributed by atoms with Gasteiger partial charge in [0.05, 0.1) is 6.10 Å². The van der Waals surface area contributed by atoms with Crippen molar-refractivity contribution in [2.45, 2.75) is 51.3 Å². The summed E-state index contributed by atoms with van der Waals surface area (Å²) in [5, 5.41) is 9.90. The van der Waals surface area contributed by atoms with E-state index in [1.807, 2.05) is 0 Å². The maximum atomic E-state index is 9.90. The average Bonchev–Trinajstić information content (AvgIpc) is 2.52. The summed E-state index contributed by atoms with van der Waals surface area (Å²) >= 11 is 5.71. The van der Waals surface area contributed by atoms with Crippen LogP contribution in [0, 0.1) is 5.92 Å². The fourth-order valence-electron chi connectivity index (χ4n) is 3.10. The highest BCUT2D eigenvalue weighted by Crippen LogP contribution is 2.39. The van der Waals surface area contributed by atoms with E-state index in [0.717, 1.165) is 13.0 Å². The molecule has 0 aromatic carbocycles. The summed E-state index contributed by atoms with van der Waals surface area (Å²) in [5.74, 6) is 0.409. The van der Waals surface area contributed by atoms with Crippen molar-refractivity contribution < 1.29 is 5.11 Å². The first-order chi connectivity index (χ1) is 7.13. The van der Waals surface area contributed by atoms with Gasteiger partial charge < -0.3 is 5.11 Å². The molecule has 2 fully saturated rings. The van der Waals surface area contributed by atoms with Crippen LogP contribution in [-0.2, 0) is 0 Å². The van der Waals surface area contributed by atoms with Crippen LogP contribution in [-0.4, -0.2) is 34.7 Å². The molecule has 2 bridgehead atoms. The molecule has 0 spiro atoms. The number of aliphatic hydroxyl groups is 1. The van der Waals surface area contributed by atoms with E-state index < -0.39 is 0 Å². The van der Waals surface area contributed by atoms with Gasteiger partial charge in [-0.05, 0) is 37.7 Å². The number of rotatable bonds is 2. The first-order valence-corrected chi connectivity index (χ1v) is 6.26. The summed E-state index contributed by atoms with van der Waals surface area (Å²) in [7, 11) is 0. The van der Waals surface area contributed by atoms with Gasteiger partial charge in [0.25, 0.3) is 0 Å². The van der Waals surface area contributed by atoms with Crippen LogP contribution in [0.2, 0.25) is 0 Å². The largest absolute Gasteiger partial charge is 0.393 e. The fourth-order valence-corrected chi connectivity index (χ4v) is 3.17. The summed E-state index contributed by atoms with van der Waals surface area (Å²) in [6, 6.07) is 1.14. The molecule has 2 heterocycles. The van der Waals surface area contributed by atoms with Gasteiger partial charge in [-0.25, -0.2) is 0 Å². The van der Waals surface area contributed by atoms with Crippen molar-refractivity contribution >= 4 is 11.6 Å². The predicted octanol–water partition coefficient (Wildman–Crippen LogP) is 2.36. The Labute approximate surface area is 96.9 Å². The van der Waals surface area contributed by atoms with E-state index in [-0.39, 0.29) is 6.10 Å². The van der Waals surface area contributed by atoms with E-state index in [0.29, 0.717) is 18.0 Å². The van der Waals surface area contributed by atoms with Gasteiger partial charge in [0.2, 0.25) is 0 Å². The Morgan fingerprint density at radius 3 is 2.93 bits per heavy atom. The Morgan fingerprint density at radius 2 is 2.27 bits per heavy atom. The van der Waals surface area contributed by atoms with Crippen LogP contribution < -0.4 is 0 Å². The van der Waals surface area contributed by atoms with E-state index in [1.165, 1.54) is 18.4 Å². The van der Waals surface area contributed by atoms with Crippen LogP contribution >= 0.6 is 11.6 Å². The topological polar surface area (TPSA) is 23.5 Å². The van der Waals surface area contributed by atoms with E-state index in [9.17, 15) is 5.11 Å². The molecule has 2 saturated heterocycles. The van der Waals surface area contributed by atoms with E-state index in [4.69, 9.17) is 11.6 Å². The van der Waals surface area contributed by atoms with Gasteiger partial charge in [-0.1, -0.05) is 18.5 Å². The Kier molecular flexibility index (Phi) is 3.39. The lowest BCUT2D eigenvalue weighted by Gasteiger charge is -2.41. The van der Waals surface area contributed by atoms with Gasteiger partial charge in [0.15, 0.2) is 0 Å². The third-order valence-corrected chi connectivity index (χ3v) is 4.41. The minimum Gasteiger partial charge on any atom is -0.393 e. The molecule has 0 aliphatic carbocycles. The average molecular weight is 230 g/mol. The maximum absolute atomic E-state index is 9.90. The van der Waals surface area contributed by atoms with Crippen molar-refractivity contribution in [1.29, 1.82) is 0 Å². The lowest BCUT2D eigenvalue weighted by Crippen LogP contribution is -2.50. The van der Waals surface area contributed by atoms with Crippen molar-refractivity contribution in [3.63, 3.8) is 0 Å². The fraction of sp³-hybridized carbons (Fsp3) is 0.833. The summed E-state index contributed by atoms with van der Waals surface area (Å²) in [4.78, 5) is 2.53. The molecule has 0 saturated carbocycles. The molecule has 2 nitrogen and oxygen atoms in total. The summed E-state index contributed by atoms with van der Waals surface area (Å²) in [6.45, 7) is 5.21. The number of aliphatic hydroxyl groups excluding tert-OH is 1. The van der Waals surface area contributed by atoms with Crippen molar-refractivity contribution in [2.24, 2.45) is 5.92 Å². The second-order valence-corrected chi connectivity index (χ2v) is 5.31. The van der Waals surface area contributed by atoms with E-state index >= 15 is 0 Å². The van der Waals surface area contributed by atoms with Crippen molar-refractivity contribution in [1.82, 2.24) is 4.90 Å². The number of fused-ring (bicyclic) bond motifs is 2. The Morgan fingerprint density at radius 1 is 1.53 bits per heavy atom. The molecule has 1 N–H and O–H groups in total. The number of halogens is 1. The van der Waals surface area contributed by atoms with Crippen molar-refractivity contribution in [2.75, 3.05) is 6.54 Å². The molecule has 0 amide bonds. The number of hydrogen-bond donors (Lipinski definition) is 1. The predicted molar refractivity (Wildman–Crippen MR) is 62.9 cm³/mol. The van der Waals surface area contributed by atoms with Crippen LogP contribution in [0.1, 0.15) is 33.1 Å². The molecule has 4 atom stereocenters. The Bertz CT molecular complexity index is 266. The van der Waals surface area contributed by atoms with E-state index in [2.05, 4.69) is 18.7 Å². The van der Waals surface area contributed by atoms with Crippen LogP contribution in [0.3, 0.4) is 0 Å². The summed E-state index contributed by atoms with van der Waals surface area (Å²) < 4.78 is 0. The molecular formula is C12H20ClNO. The molecule has 15 heavy (non-hydrogen) atoms. The highest BCUT2D eigenvalue weighted by atomic mass is 35.5. The minimum atomic E-state index is -0.0981.